The van der Waals surface area contributed by atoms with Gasteiger partial charge in [-0.3, -0.25) is 4.21 Å². The number of nitrogens with zero attached hydrogens (tertiary/aromatic N) is 1. The van der Waals surface area contributed by atoms with Gasteiger partial charge >= 0.3 is 0 Å². The zero-order chi connectivity index (χ0) is 17.2. The summed E-state index contributed by atoms with van der Waals surface area (Å²) in [4.78, 5) is 4.68. The minimum Gasteiger partial charge on any atom is -0.258 e. The lowest BCUT2D eigenvalue weighted by molar-refractivity contribution is 0.677. The summed E-state index contributed by atoms with van der Waals surface area (Å²) in [5.74, 6) is 0.958. The molecule has 2 nitrogen and oxygen atoms in total. The van der Waals surface area contributed by atoms with Crippen LogP contribution in [0.5, 0.6) is 0 Å². The molecule has 0 N–H and O–H groups in total. The molecule has 2 aromatic carbocycles. The molecule has 0 radical (unpaired) electrons. The van der Waals surface area contributed by atoms with E-state index in [0.717, 1.165) is 21.8 Å². The largest absolute Gasteiger partial charge is 0.258 e. The number of benzene rings is 2. The molecule has 1 aliphatic carbocycles. The third-order valence-corrected chi connectivity index (χ3v) is 7.47. The molecular formula is C20H18ClNOS2. The van der Waals surface area contributed by atoms with Crippen LogP contribution in [0.4, 0.5) is 0 Å². The van der Waals surface area contributed by atoms with E-state index < -0.39 is 10.8 Å². The van der Waals surface area contributed by atoms with Crippen LogP contribution in [0.3, 0.4) is 0 Å². The Balaban J connectivity index is 1.64. The summed E-state index contributed by atoms with van der Waals surface area (Å²) in [6, 6.07) is 20.1. The summed E-state index contributed by atoms with van der Waals surface area (Å²) in [5.41, 5.74) is 2.89. The van der Waals surface area contributed by atoms with Gasteiger partial charge < -0.3 is 0 Å². The van der Waals surface area contributed by atoms with Crippen LogP contribution in [0.25, 0.3) is 0 Å². The second kappa shape index (κ2) is 7.40. The van der Waals surface area contributed by atoms with Crippen LogP contribution >= 0.6 is 22.9 Å². The highest BCUT2D eigenvalue weighted by Gasteiger charge is 2.29. The molecule has 1 atom stereocenters. The number of rotatable bonds is 6. The van der Waals surface area contributed by atoms with E-state index in [9.17, 15) is 4.21 Å². The molecule has 0 amide bonds. The van der Waals surface area contributed by atoms with Crippen molar-refractivity contribution >= 4 is 33.7 Å². The second-order valence-electron chi connectivity index (χ2n) is 6.27. The molecule has 1 heterocycles. The van der Waals surface area contributed by atoms with Crippen LogP contribution in [-0.4, -0.2) is 9.19 Å². The summed E-state index contributed by atoms with van der Waals surface area (Å²) >= 11 is 7.93. The molecule has 0 bridgehead atoms. The van der Waals surface area contributed by atoms with Crippen molar-refractivity contribution in [3.05, 3.63) is 86.8 Å². The fourth-order valence-electron chi connectivity index (χ4n) is 2.91. The Labute approximate surface area is 159 Å². The van der Waals surface area contributed by atoms with Crippen LogP contribution in [-0.2, 0) is 16.6 Å². The number of hydrogen-bond donors (Lipinski definition) is 0. The number of hydrogen-bond acceptors (Lipinski definition) is 3. The predicted molar refractivity (Wildman–Crippen MR) is 106 cm³/mol. The van der Waals surface area contributed by atoms with E-state index in [1.54, 1.807) is 11.3 Å². The van der Waals surface area contributed by atoms with Gasteiger partial charge in [0.05, 0.1) is 21.7 Å². The van der Waals surface area contributed by atoms with Gasteiger partial charge in [0, 0.05) is 16.7 Å². The average molecular weight is 388 g/mol. The van der Waals surface area contributed by atoms with Crippen molar-refractivity contribution in [3.63, 3.8) is 0 Å². The topological polar surface area (TPSA) is 30.0 Å². The third kappa shape index (κ3) is 3.86. The van der Waals surface area contributed by atoms with Crippen molar-refractivity contribution in [3.8, 4) is 0 Å². The second-order valence-corrected chi connectivity index (χ2v) is 9.43. The highest BCUT2D eigenvalue weighted by Crippen LogP contribution is 2.44. The van der Waals surface area contributed by atoms with Crippen molar-refractivity contribution < 1.29 is 4.21 Å². The smallest absolute Gasteiger partial charge is 0.117 e. The molecule has 1 saturated carbocycles. The zero-order valence-electron chi connectivity index (χ0n) is 13.6. The Hall–Kier alpha value is -1.49. The normalized spacial score (nSPS) is 15.4. The first-order valence-corrected chi connectivity index (χ1v) is 10.9. The highest BCUT2D eigenvalue weighted by molar-refractivity contribution is 7.84. The highest BCUT2D eigenvalue weighted by atomic mass is 35.5. The third-order valence-electron chi connectivity index (χ3n) is 4.34. The van der Waals surface area contributed by atoms with Crippen molar-refractivity contribution in [2.24, 2.45) is 0 Å². The molecule has 5 heteroatoms. The molecule has 3 aromatic rings. The SMILES string of the molecule is O=[S@@](Cc1nc(C2CC2)sc1Cl)C(c1ccccc1)c1ccccc1. The van der Waals surface area contributed by atoms with Crippen molar-refractivity contribution in [1.29, 1.82) is 0 Å². The van der Waals surface area contributed by atoms with Crippen LogP contribution in [0.1, 0.15) is 45.8 Å². The molecular weight excluding hydrogens is 370 g/mol. The molecule has 4 rings (SSSR count). The molecule has 1 aromatic heterocycles. The molecule has 25 heavy (non-hydrogen) atoms. The first-order valence-electron chi connectivity index (χ1n) is 8.34. The molecule has 1 aliphatic rings. The van der Waals surface area contributed by atoms with E-state index in [4.69, 9.17) is 11.6 Å². The van der Waals surface area contributed by atoms with Crippen LogP contribution in [0.2, 0.25) is 4.34 Å². The van der Waals surface area contributed by atoms with Gasteiger partial charge in [0.15, 0.2) is 0 Å². The first kappa shape index (κ1) is 17.0. The Morgan fingerprint density at radius 2 is 1.60 bits per heavy atom. The molecule has 1 fully saturated rings. The van der Waals surface area contributed by atoms with Gasteiger partial charge in [-0.25, -0.2) is 4.98 Å². The van der Waals surface area contributed by atoms with E-state index >= 15 is 0 Å². The standard InChI is InChI=1S/C20H18ClNOS2/c21-19-17(22-20(24-19)16-11-12-16)13-25(23)18(14-7-3-1-4-8-14)15-9-5-2-6-10-15/h1-10,16,18H,11-13H2/t25-/m0/s1. The Morgan fingerprint density at radius 1 is 1.04 bits per heavy atom. The van der Waals surface area contributed by atoms with Gasteiger partial charge in [0.2, 0.25) is 0 Å². The van der Waals surface area contributed by atoms with Crippen LogP contribution in [0.15, 0.2) is 60.7 Å². The van der Waals surface area contributed by atoms with E-state index in [2.05, 4.69) is 4.98 Å². The summed E-state index contributed by atoms with van der Waals surface area (Å²) in [5, 5.41) is 0.928. The first-order chi connectivity index (χ1) is 12.2. The van der Waals surface area contributed by atoms with Crippen LogP contribution < -0.4 is 0 Å². The lowest BCUT2D eigenvalue weighted by Crippen LogP contribution is -2.11. The van der Waals surface area contributed by atoms with Gasteiger partial charge in [-0.2, -0.15) is 0 Å². The van der Waals surface area contributed by atoms with Gasteiger partial charge in [-0.15, -0.1) is 11.3 Å². The summed E-state index contributed by atoms with van der Waals surface area (Å²) in [7, 11) is -1.14. The minimum atomic E-state index is -1.14. The summed E-state index contributed by atoms with van der Waals surface area (Å²) in [6.45, 7) is 0. The van der Waals surface area contributed by atoms with Gasteiger partial charge in [-0.05, 0) is 24.0 Å². The van der Waals surface area contributed by atoms with E-state index in [1.807, 2.05) is 60.7 Å². The maximum Gasteiger partial charge on any atom is 0.117 e. The maximum atomic E-state index is 13.3. The Kier molecular flexibility index (Phi) is 5.02. The molecule has 128 valence electrons. The lowest BCUT2D eigenvalue weighted by atomic mass is 10.0. The molecule has 0 saturated heterocycles. The van der Waals surface area contributed by atoms with Crippen molar-refractivity contribution in [1.82, 2.24) is 4.98 Å². The minimum absolute atomic E-state index is 0.176. The molecule has 0 spiro atoms. The van der Waals surface area contributed by atoms with Crippen molar-refractivity contribution in [2.45, 2.75) is 29.8 Å². The quantitative estimate of drug-likeness (QED) is 0.542. The number of aromatic nitrogens is 1. The molecule has 0 unspecified atom stereocenters. The summed E-state index contributed by atoms with van der Waals surface area (Å²) in [6.07, 6.45) is 2.39. The fraction of sp³-hybridized carbons (Fsp3) is 0.250. The Morgan fingerprint density at radius 3 is 2.12 bits per heavy atom. The van der Waals surface area contributed by atoms with Gasteiger partial charge in [0.25, 0.3) is 0 Å². The zero-order valence-corrected chi connectivity index (χ0v) is 16.0. The van der Waals surface area contributed by atoms with E-state index in [1.165, 1.54) is 12.8 Å². The van der Waals surface area contributed by atoms with E-state index in [-0.39, 0.29) is 5.25 Å². The maximum absolute atomic E-state index is 13.3. The van der Waals surface area contributed by atoms with E-state index in [0.29, 0.717) is 16.0 Å². The number of thiazole rings is 1. The average Bonchev–Trinajstić information content (AvgIpc) is 3.42. The fourth-order valence-corrected chi connectivity index (χ4v) is 5.97. The van der Waals surface area contributed by atoms with Gasteiger partial charge in [0.1, 0.15) is 4.34 Å². The predicted octanol–water partition coefficient (Wildman–Crippen LogP) is 5.71. The Bertz CT molecular complexity index is 836. The van der Waals surface area contributed by atoms with Crippen molar-refractivity contribution in [2.75, 3.05) is 0 Å². The monoisotopic (exact) mass is 387 g/mol. The summed E-state index contributed by atoms with van der Waals surface area (Å²) < 4.78 is 14.0. The molecule has 0 aliphatic heterocycles. The lowest BCUT2D eigenvalue weighted by Gasteiger charge is -2.17. The van der Waals surface area contributed by atoms with Gasteiger partial charge in [-0.1, -0.05) is 72.3 Å². The number of halogens is 1. The van der Waals surface area contributed by atoms with Crippen LogP contribution in [0, 0.1) is 0 Å².